The summed E-state index contributed by atoms with van der Waals surface area (Å²) in [5.41, 5.74) is 0.424. The molecule has 2 aromatic heterocycles. The number of carbonyl (C=O) groups excluding carboxylic acids is 1. The number of hydrogen-bond donors (Lipinski definition) is 1. The number of benzene rings is 2. The zero-order valence-corrected chi connectivity index (χ0v) is 17.1. The molecule has 0 unspecified atom stereocenters. The molecule has 0 bridgehead atoms. The van der Waals surface area contributed by atoms with E-state index in [1.54, 1.807) is 0 Å². The van der Waals surface area contributed by atoms with Crippen molar-refractivity contribution in [2.24, 2.45) is 0 Å². The van der Waals surface area contributed by atoms with Gasteiger partial charge in [-0.25, -0.2) is 22.9 Å². The number of aromatic carboxylic acids is 1. The van der Waals surface area contributed by atoms with Crippen molar-refractivity contribution in [2.75, 3.05) is 0 Å². The molecular weight excluding hydrogens is 431 g/mol. The SMILES string of the molecule is Cc1cc2oc(C(=O)Cc3csc(-c4ccc(C)c(F)c4F)c3C(=O)O)nc2cc1F. The van der Waals surface area contributed by atoms with E-state index in [9.17, 15) is 27.9 Å². The lowest BCUT2D eigenvalue weighted by molar-refractivity contribution is 0.0697. The van der Waals surface area contributed by atoms with Gasteiger partial charge in [-0.2, -0.15) is 0 Å². The Morgan fingerprint density at radius 1 is 1.10 bits per heavy atom. The Labute approximate surface area is 177 Å². The second-order valence-electron chi connectivity index (χ2n) is 7.02. The number of carbonyl (C=O) groups is 2. The number of rotatable bonds is 5. The van der Waals surface area contributed by atoms with Gasteiger partial charge >= 0.3 is 5.97 Å². The molecule has 0 atom stereocenters. The third-order valence-electron chi connectivity index (χ3n) is 4.86. The van der Waals surface area contributed by atoms with Crippen LogP contribution in [0.4, 0.5) is 13.2 Å². The Balaban J connectivity index is 1.72. The van der Waals surface area contributed by atoms with E-state index in [1.165, 1.54) is 37.4 Å². The highest BCUT2D eigenvalue weighted by atomic mass is 32.1. The summed E-state index contributed by atoms with van der Waals surface area (Å²) < 4.78 is 47.5. The maximum Gasteiger partial charge on any atom is 0.337 e. The molecule has 1 N–H and O–H groups in total. The molecule has 0 fully saturated rings. The zero-order chi connectivity index (χ0) is 22.4. The Hall–Kier alpha value is -3.46. The number of aryl methyl sites for hydroxylation is 2. The molecule has 158 valence electrons. The van der Waals surface area contributed by atoms with E-state index in [2.05, 4.69) is 4.98 Å². The predicted octanol–water partition coefficient (Wildman–Crippen LogP) is 5.71. The van der Waals surface area contributed by atoms with Crippen molar-refractivity contribution >= 4 is 34.2 Å². The summed E-state index contributed by atoms with van der Waals surface area (Å²) in [5, 5.41) is 11.1. The maximum absolute atomic E-state index is 14.4. The highest BCUT2D eigenvalue weighted by molar-refractivity contribution is 7.14. The molecule has 0 spiro atoms. The van der Waals surface area contributed by atoms with Gasteiger partial charge in [0.25, 0.3) is 5.89 Å². The summed E-state index contributed by atoms with van der Waals surface area (Å²) in [4.78, 5) is 28.5. The molecule has 0 saturated heterocycles. The zero-order valence-electron chi connectivity index (χ0n) is 16.3. The number of carboxylic acid groups (broad SMARTS) is 1. The Morgan fingerprint density at radius 2 is 1.84 bits per heavy atom. The van der Waals surface area contributed by atoms with Gasteiger partial charge in [-0.1, -0.05) is 12.1 Å². The highest BCUT2D eigenvalue weighted by Crippen LogP contribution is 2.36. The topological polar surface area (TPSA) is 80.4 Å². The van der Waals surface area contributed by atoms with Crippen molar-refractivity contribution in [1.29, 1.82) is 0 Å². The van der Waals surface area contributed by atoms with Crippen LogP contribution < -0.4 is 0 Å². The fourth-order valence-corrected chi connectivity index (χ4v) is 4.28. The van der Waals surface area contributed by atoms with Crippen molar-refractivity contribution in [1.82, 2.24) is 4.98 Å². The molecule has 0 radical (unpaired) electrons. The van der Waals surface area contributed by atoms with Crippen LogP contribution in [0.1, 0.15) is 37.7 Å². The summed E-state index contributed by atoms with van der Waals surface area (Å²) in [6, 6.07) is 5.21. The number of fused-ring (bicyclic) bond motifs is 1. The van der Waals surface area contributed by atoms with E-state index in [1.807, 2.05) is 0 Å². The Morgan fingerprint density at radius 3 is 2.55 bits per heavy atom. The van der Waals surface area contributed by atoms with Gasteiger partial charge < -0.3 is 9.52 Å². The highest BCUT2D eigenvalue weighted by Gasteiger charge is 2.26. The monoisotopic (exact) mass is 445 g/mol. The van der Waals surface area contributed by atoms with Gasteiger partial charge in [0.2, 0.25) is 5.78 Å². The smallest absolute Gasteiger partial charge is 0.337 e. The average Bonchev–Trinajstić information content (AvgIpc) is 3.31. The lowest BCUT2D eigenvalue weighted by atomic mass is 10.0. The van der Waals surface area contributed by atoms with Crippen LogP contribution in [0.15, 0.2) is 34.1 Å². The molecule has 0 aliphatic carbocycles. The number of aromatic nitrogens is 1. The van der Waals surface area contributed by atoms with E-state index in [4.69, 9.17) is 4.42 Å². The first-order chi connectivity index (χ1) is 14.7. The standard InChI is InChI=1S/C22H14F3NO4S/c1-9-3-4-12(19(25)18(9)24)20-17(22(28)29)11(8-31-20)6-15(27)21-26-14-7-13(23)10(2)5-16(14)30-21/h3-5,7-8H,6H2,1-2H3,(H,28,29). The van der Waals surface area contributed by atoms with Crippen molar-refractivity contribution in [3.63, 3.8) is 0 Å². The number of thiophene rings is 1. The van der Waals surface area contributed by atoms with Gasteiger partial charge in [0.1, 0.15) is 11.3 Å². The third kappa shape index (κ3) is 3.61. The molecule has 9 heteroatoms. The fraction of sp³-hybridized carbons (Fsp3) is 0.136. The van der Waals surface area contributed by atoms with Crippen LogP contribution in [0.2, 0.25) is 0 Å². The normalized spacial score (nSPS) is 11.3. The van der Waals surface area contributed by atoms with E-state index in [0.29, 0.717) is 5.56 Å². The van der Waals surface area contributed by atoms with Crippen LogP contribution >= 0.6 is 11.3 Å². The molecule has 4 rings (SSSR count). The first kappa shape index (κ1) is 20.8. The molecule has 0 amide bonds. The largest absolute Gasteiger partial charge is 0.478 e. The number of Topliss-reactive ketones (excluding diaryl/α,β-unsaturated/α-hetero) is 1. The minimum Gasteiger partial charge on any atom is -0.478 e. The van der Waals surface area contributed by atoms with Crippen LogP contribution in [0.25, 0.3) is 21.5 Å². The summed E-state index contributed by atoms with van der Waals surface area (Å²) in [6.07, 6.45) is -0.387. The minimum absolute atomic E-state index is 0.00182. The minimum atomic E-state index is -1.38. The fourth-order valence-electron chi connectivity index (χ4n) is 3.20. The van der Waals surface area contributed by atoms with Crippen molar-refractivity contribution in [2.45, 2.75) is 20.3 Å². The van der Waals surface area contributed by atoms with Crippen LogP contribution in [-0.4, -0.2) is 21.8 Å². The van der Waals surface area contributed by atoms with Crippen LogP contribution in [0.5, 0.6) is 0 Å². The Kier molecular flexibility index (Phi) is 5.14. The number of carboxylic acids is 1. The van der Waals surface area contributed by atoms with Gasteiger partial charge in [-0.05, 0) is 42.0 Å². The summed E-state index contributed by atoms with van der Waals surface area (Å²) >= 11 is 0.892. The quantitative estimate of drug-likeness (QED) is 0.398. The van der Waals surface area contributed by atoms with Gasteiger partial charge in [-0.15, -0.1) is 11.3 Å². The molecule has 0 aliphatic heterocycles. The Bertz CT molecular complexity index is 1330. The molecule has 31 heavy (non-hydrogen) atoms. The van der Waals surface area contributed by atoms with Crippen LogP contribution in [-0.2, 0) is 6.42 Å². The first-order valence-electron chi connectivity index (χ1n) is 9.06. The molecule has 0 saturated carbocycles. The predicted molar refractivity (Wildman–Crippen MR) is 108 cm³/mol. The molecule has 2 aromatic carbocycles. The number of ketones is 1. The third-order valence-corrected chi connectivity index (χ3v) is 5.92. The van der Waals surface area contributed by atoms with Crippen LogP contribution in [0, 0.1) is 31.3 Å². The summed E-state index contributed by atoms with van der Waals surface area (Å²) in [7, 11) is 0. The number of hydrogen-bond acceptors (Lipinski definition) is 5. The number of halogens is 3. The van der Waals surface area contributed by atoms with E-state index < -0.39 is 29.2 Å². The van der Waals surface area contributed by atoms with Crippen molar-refractivity contribution < 1.29 is 32.3 Å². The van der Waals surface area contributed by atoms with E-state index >= 15 is 0 Å². The lowest BCUT2D eigenvalue weighted by Crippen LogP contribution is -2.08. The van der Waals surface area contributed by atoms with Crippen LogP contribution in [0.3, 0.4) is 0 Å². The molecular formula is C22H14F3NO4S. The summed E-state index contributed by atoms with van der Waals surface area (Å²) in [6.45, 7) is 2.93. The average molecular weight is 445 g/mol. The van der Waals surface area contributed by atoms with E-state index in [-0.39, 0.29) is 50.5 Å². The molecule has 5 nitrogen and oxygen atoms in total. The summed E-state index contributed by atoms with van der Waals surface area (Å²) in [5.74, 6) is -5.02. The van der Waals surface area contributed by atoms with Gasteiger partial charge in [0.15, 0.2) is 17.2 Å². The number of nitrogens with zero attached hydrogens (tertiary/aromatic N) is 1. The lowest BCUT2D eigenvalue weighted by Gasteiger charge is -2.06. The van der Waals surface area contributed by atoms with Gasteiger partial charge in [0, 0.05) is 18.1 Å². The van der Waals surface area contributed by atoms with Crippen molar-refractivity contribution in [3.8, 4) is 10.4 Å². The molecule has 2 heterocycles. The molecule has 4 aromatic rings. The second kappa shape index (κ2) is 7.66. The van der Waals surface area contributed by atoms with Gasteiger partial charge in [-0.3, -0.25) is 4.79 Å². The first-order valence-corrected chi connectivity index (χ1v) is 9.93. The van der Waals surface area contributed by atoms with E-state index in [0.717, 1.165) is 17.4 Å². The molecule has 0 aliphatic rings. The van der Waals surface area contributed by atoms with Crippen molar-refractivity contribution in [3.05, 3.63) is 75.2 Å². The number of oxazole rings is 1. The second-order valence-corrected chi connectivity index (χ2v) is 7.90. The van der Waals surface area contributed by atoms with Gasteiger partial charge in [0.05, 0.1) is 10.4 Å². The maximum atomic E-state index is 14.4.